The molecule has 3 nitrogen and oxygen atoms in total. The molecule has 0 fully saturated rings. The fourth-order valence-corrected chi connectivity index (χ4v) is 3.91. The van der Waals surface area contributed by atoms with Crippen LogP contribution in [0.1, 0.15) is 35.1 Å². The molecule has 25 heavy (non-hydrogen) atoms. The van der Waals surface area contributed by atoms with Crippen molar-refractivity contribution in [2.75, 3.05) is 18.1 Å². The van der Waals surface area contributed by atoms with Crippen molar-refractivity contribution in [3.63, 3.8) is 0 Å². The van der Waals surface area contributed by atoms with Crippen LogP contribution < -0.4 is 4.90 Å². The molecule has 1 aliphatic rings. The summed E-state index contributed by atoms with van der Waals surface area (Å²) in [6.07, 6.45) is 3.50. The van der Waals surface area contributed by atoms with Crippen molar-refractivity contribution in [3.8, 4) is 0 Å². The molecule has 3 rings (SSSR count). The van der Waals surface area contributed by atoms with Crippen molar-refractivity contribution < 1.29 is 9.53 Å². The molecule has 2 aromatic carbocycles. The Balaban J connectivity index is 1.56. The number of benzene rings is 2. The molecule has 0 N–H and O–H groups in total. The second-order valence-electron chi connectivity index (χ2n) is 6.57. The number of nitrogens with zero attached hydrogens (tertiary/aromatic N) is 1. The van der Waals surface area contributed by atoms with Gasteiger partial charge in [-0.25, -0.2) is 4.79 Å². The number of anilines is 1. The number of rotatable bonds is 4. The van der Waals surface area contributed by atoms with Gasteiger partial charge in [0.2, 0.25) is 0 Å². The SMILES string of the molecule is Cc1cccc(CCCOC(=O)N2CCCc3c(Br)cccc32)c1C. The van der Waals surface area contributed by atoms with E-state index in [1.807, 2.05) is 18.2 Å². The van der Waals surface area contributed by atoms with Gasteiger partial charge >= 0.3 is 6.09 Å². The van der Waals surface area contributed by atoms with Crippen LogP contribution in [0.5, 0.6) is 0 Å². The Bertz CT molecular complexity index is 772. The Morgan fingerprint density at radius 2 is 2.00 bits per heavy atom. The van der Waals surface area contributed by atoms with Crippen molar-refractivity contribution in [2.45, 2.75) is 39.5 Å². The fourth-order valence-electron chi connectivity index (χ4n) is 3.35. The molecule has 0 saturated heterocycles. The summed E-state index contributed by atoms with van der Waals surface area (Å²) < 4.78 is 6.61. The van der Waals surface area contributed by atoms with Crippen LogP contribution in [0.15, 0.2) is 40.9 Å². The van der Waals surface area contributed by atoms with E-state index in [9.17, 15) is 4.79 Å². The number of aryl methyl sites for hydroxylation is 2. The smallest absolute Gasteiger partial charge is 0.414 e. The third kappa shape index (κ3) is 4.06. The summed E-state index contributed by atoms with van der Waals surface area (Å²) in [7, 11) is 0. The van der Waals surface area contributed by atoms with E-state index in [4.69, 9.17) is 4.74 Å². The second-order valence-corrected chi connectivity index (χ2v) is 7.42. The summed E-state index contributed by atoms with van der Waals surface area (Å²) in [5.74, 6) is 0. The Morgan fingerprint density at radius 3 is 2.84 bits per heavy atom. The molecule has 0 aliphatic carbocycles. The predicted molar refractivity (Wildman–Crippen MR) is 105 cm³/mol. The van der Waals surface area contributed by atoms with Gasteiger partial charge in [-0.1, -0.05) is 40.2 Å². The summed E-state index contributed by atoms with van der Waals surface area (Å²) in [6.45, 7) is 5.45. The lowest BCUT2D eigenvalue weighted by Gasteiger charge is -2.29. The molecule has 4 heteroatoms. The van der Waals surface area contributed by atoms with Gasteiger partial charge < -0.3 is 4.74 Å². The van der Waals surface area contributed by atoms with Crippen LogP contribution >= 0.6 is 15.9 Å². The number of carbonyl (C=O) groups excluding carboxylic acids is 1. The van der Waals surface area contributed by atoms with Crippen molar-refractivity contribution in [3.05, 3.63) is 63.1 Å². The van der Waals surface area contributed by atoms with Crippen LogP contribution in [0.25, 0.3) is 0 Å². The van der Waals surface area contributed by atoms with Crippen LogP contribution in [0.3, 0.4) is 0 Å². The summed E-state index contributed by atoms with van der Waals surface area (Å²) in [6, 6.07) is 12.4. The summed E-state index contributed by atoms with van der Waals surface area (Å²) in [5.41, 5.74) is 6.15. The number of hydrogen-bond acceptors (Lipinski definition) is 2. The lowest BCUT2D eigenvalue weighted by Crippen LogP contribution is -2.36. The number of carbonyl (C=O) groups is 1. The molecule has 0 aromatic heterocycles. The van der Waals surface area contributed by atoms with E-state index in [1.54, 1.807) is 4.90 Å². The minimum absolute atomic E-state index is 0.236. The van der Waals surface area contributed by atoms with Gasteiger partial charge in [-0.2, -0.15) is 0 Å². The highest BCUT2D eigenvalue weighted by molar-refractivity contribution is 9.10. The van der Waals surface area contributed by atoms with Crippen LogP contribution in [-0.4, -0.2) is 19.2 Å². The highest BCUT2D eigenvalue weighted by Gasteiger charge is 2.24. The van der Waals surface area contributed by atoms with Gasteiger partial charge in [-0.15, -0.1) is 0 Å². The van der Waals surface area contributed by atoms with Crippen molar-refractivity contribution >= 4 is 27.7 Å². The van der Waals surface area contributed by atoms with Gasteiger partial charge in [0.05, 0.1) is 12.3 Å². The van der Waals surface area contributed by atoms with Crippen LogP contribution in [-0.2, 0) is 17.6 Å². The number of amides is 1. The van der Waals surface area contributed by atoms with E-state index in [-0.39, 0.29) is 6.09 Å². The normalized spacial score (nSPS) is 13.5. The standard InChI is InChI=1S/C21H24BrNO2/c1-15-7-3-8-17(16(15)2)9-6-14-25-21(24)23-13-5-10-18-19(22)11-4-12-20(18)23/h3-4,7-8,11-12H,5-6,9-10,13-14H2,1-2H3. The predicted octanol–water partition coefficient (Wildman–Crippen LogP) is 5.59. The molecule has 0 saturated carbocycles. The number of halogens is 1. The van der Waals surface area contributed by atoms with E-state index in [0.29, 0.717) is 6.61 Å². The zero-order chi connectivity index (χ0) is 17.8. The fraction of sp³-hybridized carbons (Fsp3) is 0.381. The summed E-state index contributed by atoms with van der Waals surface area (Å²) in [4.78, 5) is 14.3. The molecule has 0 bridgehead atoms. The number of ether oxygens (including phenoxy) is 1. The van der Waals surface area contributed by atoms with Gasteiger partial charge in [0, 0.05) is 11.0 Å². The lowest BCUT2D eigenvalue weighted by atomic mass is 10.00. The first-order valence-corrected chi connectivity index (χ1v) is 9.64. The van der Waals surface area contributed by atoms with Crippen LogP contribution in [0, 0.1) is 13.8 Å². The molecule has 2 aromatic rings. The van der Waals surface area contributed by atoms with Crippen molar-refractivity contribution in [2.24, 2.45) is 0 Å². The van der Waals surface area contributed by atoms with Gasteiger partial charge in [-0.05, 0) is 73.9 Å². The molecule has 1 amide bonds. The minimum atomic E-state index is -0.236. The zero-order valence-corrected chi connectivity index (χ0v) is 16.4. The van der Waals surface area contributed by atoms with Crippen LogP contribution in [0.4, 0.5) is 10.5 Å². The van der Waals surface area contributed by atoms with Gasteiger partial charge in [-0.3, -0.25) is 4.90 Å². The monoisotopic (exact) mass is 401 g/mol. The maximum Gasteiger partial charge on any atom is 0.414 e. The van der Waals surface area contributed by atoms with E-state index in [1.165, 1.54) is 22.3 Å². The van der Waals surface area contributed by atoms with Crippen molar-refractivity contribution in [1.82, 2.24) is 0 Å². The molecule has 1 aliphatic heterocycles. The Hall–Kier alpha value is -1.81. The highest BCUT2D eigenvalue weighted by Crippen LogP contribution is 2.33. The topological polar surface area (TPSA) is 29.5 Å². The van der Waals surface area contributed by atoms with Crippen LogP contribution in [0.2, 0.25) is 0 Å². The second kappa shape index (κ2) is 8.05. The van der Waals surface area contributed by atoms with Gasteiger partial charge in [0.1, 0.15) is 0 Å². The molecule has 132 valence electrons. The Labute approximate surface area is 158 Å². The molecule has 0 radical (unpaired) electrons. The van der Waals surface area contributed by atoms with Gasteiger partial charge in [0.15, 0.2) is 0 Å². The molecular formula is C21H24BrNO2. The highest BCUT2D eigenvalue weighted by atomic mass is 79.9. The van der Waals surface area contributed by atoms with E-state index in [2.05, 4.69) is 48.0 Å². The maximum atomic E-state index is 12.5. The molecule has 0 spiro atoms. The summed E-state index contributed by atoms with van der Waals surface area (Å²) >= 11 is 3.58. The third-order valence-electron chi connectivity index (χ3n) is 4.95. The Kier molecular flexibility index (Phi) is 5.79. The largest absolute Gasteiger partial charge is 0.449 e. The molecule has 0 unspecified atom stereocenters. The number of fused-ring (bicyclic) bond motifs is 1. The first-order chi connectivity index (χ1) is 12.1. The molecule has 0 atom stereocenters. The minimum Gasteiger partial charge on any atom is -0.449 e. The first-order valence-electron chi connectivity index (χ1n) is 8.84. The number of hydrogen-bond donors (Lipinski definition) is 0. The van der Waals surface area contributed by atoms with E-state index < -0.39 is 0 Å². The molecular weight excluding hydrogens is 378 g/mol. The van der Waals surface area contributed by atoms with E-state index in [0.717, 1.165) is 42.4 Å². The zero-order valence-electron chi connectivity index (χ0n) is 14.8. The maximum absolute atomic E-state index is 12.5. The first kappa shape index (κ1) is 18.0. The van der Waals surface area contributed by atoms with E-state index >= 15 is 0 Å². The Morgan fingerprint density at radius 1 is 1.20 bits per heavy atom. The van der Waals surface area contributed by atoms with Crippen molar-refractivity contribution in [1.29, 1.82) is 0 Å². The third-order valence-corrected chi connectivity index (χ3v) is 5.69. The van der Waals surface area contributed by atoms with Gasteiger partial charge in [0.25, 0.3) is 0 Å². The average molecular weight is 402 g/mol. The lowest BCUT2D eigenvalue weighted by molar-refractivity contribution is 0.152. The average Bonchev–Trinajstić information content (AvgIpc) is 2.62. The summed E-state index contributed by atoms with van der Waals surface area (Å²) in [5, 5.41) is 0. The molecule has 1 heterocycles. The quantitative estimate of drug-likeness (QED) is 0.624.